The van der Waals surface area contributed by atoms with Crippen LogP contribution in [0.1, 0.15) is 12.5 Å². The Morgan fingerprint density at radius 3 is 2.53 bits per heavy atom. The van der Waals surface area contributed by atoms with E-state index >= 15 is 0 Å². The van der Waals surface area contributed by atoms with Gasteiger partial charge in [0.25, 0.3) is 5.69 Å². The topological polar surface area (TPSA) is 81.5 Å². The quantitative estimate of drug-likeness (QED) is 0.509. The van der Waals surface area contributed by atoms with Crippen molar-refractivity contribution >= 4 is 17.4 Å². The van der Waals surface area contributed by atoms with Gasteiger partial charge in [-0.05, 0) is 30.7 Å². The number of nitro benzene ring substituents is 1. The SMILES string of the molecule is COC(=O)C1C=C(c2ccc([N+](=O)[O-])cc2)NC1C. The second kappa shape index (κ2) is 5.09. The zero-order valence-electron chi connectivity index (χ0n) is 10.6. The van der Waals surface area contributed by atoms with Gasteiger partial charge in [0.1, 0.15) is 0 Å². The molecule has 0 spiro atoms. The summed E-state index contributed by atoms with van der Waals surface area (Å²) in [5, 5.41) is 13.8. The molecular weight excluding hydrogens is 248 g/mol. The van der Waals surface area contributed by atoms with Gasteiger partial charge in [-0.15, -0.1) is 0 Å². The molecule has 1 aromatic carbocycles. The summed E-state index contributed by atoms with van der Waals surface area (Å²) in [6.07, 6.45) is 1.79. The average Bonchev–Trinajstić information content (AvgIpc) is 2.80. The summed E-state index contributed by atoms with van der Waals surface area (Å²) in [6.45, 7) is 1.89. The molecule has 19 heavy (non-hydrogen) atoms. The molecule has 0 aliphatic carbocycles. The van der Waals surface area contributed by atoms with Crippen LogP contribution in [0.2, 0.25) is 0 Å². The van der Waals surface area contributed by atoms with E-state index in [1.54, 1.807) is 18.2 Å². The second-order valence-corrected chi connectivity index (χ2v) is 4.37. The van der Waals surface area contributed by atoms with Gasteiger partial charge in [0.05, 0.1) is 18.0 Å². The fourth-order valence-corrected chi connectivity index (χ4v) is 2.06. The smallest absolute Gasteiger partial charge is 0.314 e. The van der Waals surface area contributed by atoms with Crippen molar-refractivity contribution in [3.05, 3.63) is 46.0 Å². The van der Waals surface area contributed by atoms with Crippen LogP contribution >= 0.6 is 0 Å². The first-order valence-electron chi connectivity index (χ1n) is 5.84. The van der Waals surface area contributed by atoms with Crippen LogP contribution in [0.3, 0.4) is 0 Å². The van der Waals surface area contributed by atoms with E-state index in [1.807, 2.05) is 6.92 Å². The summed E-state index contributed by atoms with van der Waals surface area (Å²) < 4.78 is 4.73. The number of carbonyl (C=O) groups excluding carboxylic acids is 1. The highest BCUT2D eigenvalue weighted by atomic mass is 16.6. The van der Waals surface area contributed by atoms with E-state index < -0.39 is 4.92 Å². The van der Waals surface area contributed by atoms with Gasteiger partial charge in [-0.1, -0.05) is 0 Å². The number of methoxy groups -OCH3 is 1. The number of nitro groups is 1. The summed E-state index contributed by atoms with van der Waals surface area (Å²) in [6, 6.07) is 6.13. The van der Waals surface area contributed by atoms with Gasteiger partial charge in [-0.25, -0.2) is 0 Å². The number of nitrogens with zero attached hydrogens (tertiary/aromatic N) is 1. The van der Waals surface area contributed by atoms with Gasteiger partial charge >= 0.3 is 5.97 Å². The van der Waals surface area contributed by atoms with Crippen molar-refractivity contribution in [1.29, 1.82) is 0 Å². The molecule has 2 rings (SSSR count). The molecule has 2 unspecified atom stereocenters. The van der Waals surface area contributed by atoms with Crippen LogP contribution < -0.4 is 5.32 Å². The molecule has 2 atom stereocenters. The van der Waals surface area contributed by atoms with E-state index in [0.29, 0.717) is 0 Å². The van der Waals surface area contributed by atoms with E-state index in [-0.39, 0.29) is 23.6 Å². The maximum absolute atomic E-state index is 11.5. The molecule has 1 aliphatic heterocycles. The Morgan fingerprint density at radius 2 is 2.00 bits per heavy atom. The van der Waals surface area contributed by atoms with Crippen molar-refractivity contribution in [3.8, 4) is 0 Å². The molecule has 0 bridgehead atoms. The number of esters is 1. The third-order valence-electron chi connectivity index (χ3n) is 3.13. The van der Waals surface area contributed by atoms with Gasteiger partial charge in [0, 0.05) is 23.9 Å². The zero-order valence-corrected chi connectivity index (χ0v) is 10.6. The minimum atomic E-state index is -0.444. The first-order chi connectivity index (χ1) is 9.02. The number of non-ortho nitro benzene ring substituents is 1. The lowest BCUT2D eigenvalue weighted by Gasteiger charge is -2.13. The molecule has 1 aromatic rings. The fraction of sp³-hybridized carbons (Fsp3) is 0.308. The Morgan fingerprint density at radius 1 is 1.37 bits per heavy atom. The van der Waals surface area contributed by atoms with Crippen LogP contribution in [0.5, 0.6) is 0 Å². The Labute approximate surface area is 110 Å². The van der Waals surface area contributed by atoms with Crippen LogP contribution in [0.15, 0.2) is 30.3 Å². The normalized spacial score (nSPS) is 21.5. The molecule has 0 amide bonds. The van der Waals surface area contributed by atoms with Gasteiger partial charge in [0.15, 0.2) is 0 Å². The molecule has 1 heterocycles. The largest absolute Gasteiger partial charge is 0.469 e. The van der Waals surface area contributed by atoms with Crippen LogP contribution in [0.4, 0.5) is 5.69 Å². The number of ether oxygens (including phenoxy) is 1. The van der Waals surface area contributed by atoms with Gasteiger partial charge in [-0.2, -0.15) is 0 Å². The molecule has 0 saturated carbocycles. The van der Waals surface area contributed by atoms with Crippen LogP contribution in [0, 0.1) is 16.0 Å². The highest BCUT2D eigenvalue weighted by molar-refractivity contribution is 5.81. The highest BCUT2D eigenvalue weighted by Crippen LogP contribution is 2.26. The van der Waals surface area contributed by atoms with Crippen molar-refractivity contribution < 1.29 is 14.5 Å². The average molecular weight is 262 g/mol. The van der Waals surface area contributed by atoms with E-state index in [4.69, 9.17) is 4.74 Å². The maximum atomic E-state index is 11.5. The molecule has 1 N–H and O–H groups in total. The number of nitrogens with one attached hydrogen (secondary N) is 1. The Hall–Kier alpha value is -2.37. The summed E-state index contributed by atoms with van der Waals surface area (Å²) in [5.74, 6) is -0.632. The van der Waals surface area contributed by atoms with Crippen molar-refractivity contribution in [3.63, 3.8) is 0 Å². The van der Waals surface area contributed by atoms with Crippen molar-refractivity contribution in [2.45, 2.75) is 13.0 Å². The number of hydrogen-bond acceptors (Lipinski definition) is 5. The lowest BCUT2D eigenvalue weighted by Crippen LogP contribution is -2.30. The third kappa shape index (κ3) is 2.57. The monoisotopic (exact) mass is 262 g/mol. The minimum absolute atomic E-state index is 0.0416. The molecule has 6 heteroatoms. The predicted molar refractivity (Wildman–Crippen MR) is 69.2 cm³/mol. The summed E-state index contributed by atoms with van der Waals surface area (Å²) >= 11 is 0. The van der Waals surface area contributed by atoms with E-state index in [0.717, 1.165) is 11.3 Å². The second-order valence-electron chi connectivity index (χ2n) is 4.37. The molecule has 0 radical (unpaired) electrons. The Bertz CT molecular complexity index is 536. The molecule has 6 nitrogen and oxygen atoms in total. The Kier molecular flexibility index (Phi) is 3.50. The van der Waals surface area contributed by atoms with E-state index in [2.05, 4.69) is 5.32 Å². The van der Waals surface area contributed by atoms with E-state index in [9.17, 15) is 14.9 Å². The zero-order chi connectivity index (χ0) is 14.0. The summed E-state index contributed by atoms with van der Waals surface area (Å²) in [5.41, 5.74) is 1.64. The molecular formula is C13H14N2O4. The Balaban J connectivity index is 2.23. The van der Waals surface area contributed by atoms with Crippen molar-refractivity contribution in [2.75, 3.05) is 7.11 Å². The molecule has 100 valence electrons. The van der Waals surface area contributed by atoms with Gasteiger partial charge in [-0.3, -0.25) is 14.9 Å². The van der Waals surface area contributed by atoms with Crippen LogP contribution in [-0.4, -0.2) is 24.0 Å². The number of carbonyl (C=O) groups is 1. The lowest BCUT2D eigenvalue weighted by molar-refractivity contribution is -0.384. The molecule has 0 saturated heterocycles. The van der Waals surface area contributed by atoms with Crippen LogP contribution in [0.25, 0.3) is 5.70 Å². The first kappa shape index (κ1) is 13.1. The van der Waals surface area contributed by atoms with Crippen molar-refractivity contribution in [2.24, 2.45) is 5.92 Å². The minimum Gasteiger partial charge on any atom is -0.469 e. The standard InChI is InChI=1S/C13H14N2O4/c1-8-11(13(16)19-2)7-12(14-8)9-3-5-10(6-4-9)15(17)18/h3-8,11,14H,1-2H3. The fourth-order valence-electron chi connectivity index (χ4n) is 2.06. The number of benzene rings is 1. The molecule has 0 aromatic heterocycles. The summed E-state index contributed by atoms with van der Waals surface area (Å²) in [4.78, 5) is 21.7. The number of hydrogen-bond donors (Lipinski definition) is 1. The predicted octanol–water partition coefficient (Wildman–Crippen LogP) is 1.72. The maximum Gasteiger partial charge on any atom is 0.314 e. The van der Waals surface area contributed by atoms with Gasteiger partial charge < -0.3 is 10.1 Å². The van der Waals surface area contributed by atoms with Crippen molar-refractivity contribution in [1.82, 2.24) is 5.32 Å². The molecule has 0 fully saturated rings. The highest BCUT2D eigenvalue weighted by Gasteiger charge is 2.30. The number of rotatable bonds is 3. The third-order valence-corrected chi connectivity index (χ3v) is 3.13. The van der Waals surface area contributed by atoms with Gasteiger partial charge in [0.2, 0.25) is 0 Å². The first-order valence-corrected chi connectivity index (χ1v) is 5.84. The summed E-state index contributed by atoms with van der Waals surface area (Å²) in [7, 11) is 1.35. The van der Waals surface area contributed by atoms with E-state index in [1.165, 1.54) is 19.2 Å². The molecule has 1 aliphatic rings. The van der Waals surface area contributed by atoms with Crippen LogP contribution in [-0.2, 0) is 9.53 Å². The lowest BCUT2D eigenvalue weighted by atomic mass is 10.0.